The van der Waals surface area contributed by atoms with Gasteiger partial charge in [0.25, 0.3) is 0 Å². The van der Waals surface area contributed by atoms with Crippen molar-refractivity contribution < 1.29 is 14.3 Å². The molecule has 3 heteroatoms. The number of rotatable bonds is 6. The zero-order chi connectivity index (χ0) is 19.8. The molecule has 0 aromatic rings. The predicted octanol–water partition coefficient (Wildman–Crippen LogP) is 6.00. The van der Waals surface area contributed by atoms with Crippen LogP contribution in [0.15, 0.2) is 0 Å². The Labute approximate surface area is 161 Å². The fourth-order valence-corrected chi connectivity index (χ4v) is 5.15. The van der Waals surface area contributed by atoms with Crippen molar-refractivity contribution in [2.75, 3.05) is 6.61 Å². The summed E-state index contributed by atoms with van der Waals surface area (Å²) in [6.45, 7) is 17.9. The molecule has 0 bridgehead atoms. The van der Waals surface area contributed by atoms with E-state index in [1.807, 2.05) is 0 Å². The molecule has 3 nitrogen and oxygen atoms in total. The third kappa shape index (κ3) is 4.19. The molecule has 0 aromatic carbocycles. The normalized spacial score (nSPS) is 31.8. The maximum absolute atomic E-state index is 13.4. The number of hydrogen-bond acceptors (Lipinski definition) is 3. The van der Waals surface area contributed by atoms with Gasteiger partial charge in [-0.25, -0.2) is 0 Å². The van der Waals surface area contributed by atoms with Gasteiger partial charge in [0, 0.05) is 17.3 Å². The highest BCUT2D eigenvalue weighted by molar-refractivity contribution is 5.87. The zero-order valence-electron chi connectivity index (χ0n) is 18.5. The van der Waals surface area contributed by atoms with Crippen LogP contribution in [0.2, 0.25) is 0 Å². The van der Waals surface area contributed by atoms with Gasteiger partial charge in [-0.05, 0) is 37.5 Å². The van der Waals surface area contributed by atoms with Crippen molar-refractivity contribution in [3.8, 4) is 0 Å². The molecule has 0 aromatic heterocycles. The Morgan fingerprint density at radius 2 is 1.65 bits per heavy atom. The first kappa shape index (κ1) is 21.9. The Morgan fingerprint density at radius 3 is 2.15 bits per heavy atom. The first-order valence-corrected chi connectivity index (χ1v) is 10.8. The Kier molecular flexibility index (Phi) is 6.66. The Hall–Kier alpha value is -0.410. The molecule has 1 aliphatic heterocycles. The van der Waals surface area contributed by atoms with Crippen LogP contribution in [0.5, 0.6) is 0 Å². The summed E-state index contributed by atoms with van der Waals surface area (Å²) in [6.07, 6.45) is 7.11. The summed E-state index contributed by atoms with van der Waals surface area (Å²) >= 11 is 0. The minimum atomic E-state index is -0.445. The second-order valence-electron chi connectivity index (χ2n) is 10.5. The summed E-state index contributed by atoms with van der Waals surface area (Å²) in [5.74, 6) is 0.728. The summed E-state index contributed by atoms with van der Waals surface area (Å²) in [4.78, 5) is 13.4. The van der Waals surface area contributed by atoms with Crippen molar-refractivity contribution in [2.45, 2.75) is 106 Å². The van der Waals surface area contributed by atoms with Crippen LogP contribution in [-0.4, -0.2) is 24.3 Å². The van der Waals surface area contributed by atoms with Crippen LogP contribution in [-0.2, 0) is 14.3 Å². The Bertz CT molecular complexity index is 486. The van der Waals surface area contributed by atoms with E-state index in [-0.39, 0.29) is 22.9 Å². The fraction of sp³-hybridized carbons (Fsp3) is 0.957. The minimum absolute atomic E-state index is 0.0102. The molecule has 2 aliphatic rings. The number of ether oxygens (including phenoxy) is 2. The fourth-order valence-electron chi connectivity index (χ4n) is 5.15. The van der Waals surface area contributed by atoms with E-state index in [1.54, 1.807) is 0 Å². The maximum atomic E-state index is 13.4. The molecule has 26 heavy (non-hydrogen) atoms. The standard InChI is InChI=1S/C23H42O3/c1-16(2)22(7,21(4,5)6)20(24)17(3)14-19-15-25-23(8,26-19)18-12-10-9-11-13-18/h16-19H,9-15H2,1-8H3. The molecule has 1 saturated carbocycles. The van der Waals surface area contributed by atoms with Crippen molar-refractivity contribution in [3.63, 3.8) is 0 Å². The van der Waals surface area contributed by atoms with Crippen LogP contribution in [0, 0.1) is 28.6 Å². The largest absolute Gasteiger partial charge is 0.347 e. The highest BCUT2D eigenvalue weighted by Crippen LogP contribution is 2.48. The molecule has 1 heterocycles. The number of hydrogen-bond donors (Lipinski definition) is 0. The lowest BCUT2D eigenvalue weighted by atomic mass is 9.57. The molecule has 1 saturated heterocycles. The highest BCUT2D eigenvalue weighted by Gasteiger charge is 2.49. The van der Waals surface area contributed by atoms with Crippen molar-refractivity contribution in [2.24, 2.45) is 28.6 Å². The third-order valence-electron chi connectivity index (χ3n) is 7.59. The lowest BCUT2D eigenvalue weighted by Crippen LogP contribution is -2.47. The summed E-state index contributed by atoms with van der Waals surface area (Å²) in [5, 5.41) is 0. The van der Waals surface area contributed by atoms with E-state index in [2.05, 4.69) is 55.4 Å². The lowest BCUT2D eigenvalue weighted by Gasteiger charge is -2.45. The van der Waals surface area contributed by atoms with Gasteiger partial charge in [-0.3, -0.25) is 4.79 Å². The molecule has 1 aliphatic carbocycles. The smallest absolute Gasteiger partial charge is 0.168 e. The summed E-state index contributed by atoms with van der Waals surface area (Å²) in [6, 6.07) is 0. The average molecular weight is 367 g/mol. The summed E-state index contributed by atoms with van der Waals surface area (Å²) in [7, 11) is 0. The monoisotopic (exact) mass is 366 g/mol. The van der Waals surface area contributed by atoms with Gasteiger partial charge >= 0.3 is 0 Å². The summed E-state index contributed by atoms with van der Waals surface area (Å²) < 4.78 is 12.5. The van der Waals surface area contributed by atoms with Crippen LogP contribution >= 0.6 is 0 Å². The molecule has 2 rings (SSSR count). The first-order chi connectivity index (χ1) is 11.9. The van der Waals surface area contributed by atoms with E-state index in [1.165, 1.54) is 32.1 Å². The molecule has 152 valence electrons. The van der Waals surface area contributed by atoms with Crippen LogP contribution in [0.1, 0.15) is 93.9 Å². The van der Waals surface area contributed by atoms with Gasteiger partial charge < -0.3 is 9.47 Å². The quantitative estimate of drug-likeness (QED) is 0.578. The molecule has 4 atom stereocenters. The van der Waals surface area contributed by atoms with Crippen molar-refractivity contribution in [3.05, 3.63) is 0 Å². The van der Waals surface area contributed by atoms with Crippen LogP contribution in [0.25, 0.3) is 0 Å². The molecular formula is C23H42O3. The van der Waals surface area contributed by atoms with Crippen molar-refractivity contribution >= 4 is 5.78 Å². The first-order valence-electron chi connectivity index (χ1n) is 10.8. The van der Waals surface area contributed by atoms with Gasteiger partial charge in [-0.15, -0.1) is 0 Å². The van der Waals surface area contributed by atoms with E-state index in [4.69, 9.17) is 9.47 Å². The molecular weight excluding hydrogens is 324 g/mol. The van der Waals surface area contributed by atoms with E-state index < -0.39 is 5.79 Å². The maximum Gasteiger partial charge on any atom is 0.168 e. The average Bonchev–Trinajstić information content (AvgIpc) is 2.95. The van der Waals surface area contributed by atoms with Gasteiger partial charge in [0.1, 0.15) is 5.78 Å². The van der Waals surface area contributed by atoms with Crippen molar-refractivity contribution in [1.29, 1.82) is 0 Å². The number of Topliss-reactive ketones (excluding diaryl/α,β-unsaturated/α-hetero) is 1. The molecule has 0 radical (unpaired) electrons. The molecule has 0 spiro atoms. The number of carbonyl (C=O) groups is 1. The Balaban J connectivity index is 2.01. The number of carbonyl (C=O) groups excluding carboxylic acids is 1. The molecule has 2 fully saturated rings. The van der Waals surface area contributed by atoms with Gasteiger partial charge in [0.15, 0.2) is 5.79 Å². The Morgan fingerprint density at radius 1 is 1.08 bits per heavy atom. The topological polar surface area (TPSA) is 35.5 Å². The third-order valence-corrected chi connectivity index (χ3v) is 7.59. The van der Waals surface area contributed by atoms with Crippen LogP contribution in [0.4, 0.5) is 0 Å². The van der Waals surface area contributed by atoms with Crippen LogP contribution in [0.3, 0.4) is 0 Å². The second kappa shape index (κ2) is 7.91. The van der Waals surface area contributed by atoms with Gasteiger partial charge in [-0.2, -0.15) is 0 Å². The van der Waals surface area contributed by atoms with Gasteiger partial charge in [0.05, 0.1) is 12.7 Å². The summed E-state index contributed by atoms with van der Waals surface area (Å²) in [5.41, 5.74) is -0.394. The van der Waals surface area contributed by atoms with Crippen molar-refractivity contribution in [1.82, 2.24) is 0 Å². The molecule has 4 unspecified atom stereocenters. The van der Waals surface area contributed by atoms with E-state index in [9.17, 15) is 4.79 Å². The zero-order valence-corrected chi connectivity index (χ0v) is 18.5. The number of ketones is 1. The minimum Gasteiger partial charge on any atom is -0.347 e. The SMILES string of the molecule is CC(CC1COC(C)(C2CCCCC2)O1)C(=O)C(C)(C(C)C)C(C)(C)C. The van der Waals surface area contributed by atoms with Crippen LogP contribution < -0.4 is 0 Å². The predicted molar refractivity (Wildman–Crippen MR) is 107 cm³/mol. The molecule has 0 N–H and O–H groups in total. The van der Waals surface area contributed by atoms with E-state index >= 15 is 0 Å². The molecule has 0 amide bonds. The second-order valence-corrected chi connectivity index (χ2v) is 10.5. The van der Waals surface area contributed by atoms with E-state index in [0.717, 1.165) is 6.42 Å². The van der Waals surface area contributed by atoms with E-state index in [0.29, 0.717) is 24.2 Å². The lowest BCUT2D eigenvalue weighted by molar-refractivity contribution is -0.199. The highest BCUT2D eigenvalue weighted by atomic mass is 16.7. The van der Waals surface area contributed by atoms with Gasteiger partial charge in [-0.1, -0.05) is 67.7 Å². The van der Waals surface area contributed by atoms with Gasteiger partial charge in [0.2, 0.25) is 0 Å².